The molecule has 2 fully saturated rings. The highest BCUT2D eigenvalue weighted by molar-refractivity contribution is 8.14. The van der Waals surface area contributed by atoms with Crippen LogP contribution in [-0.4, -0.2) is 39.6 Å². The monoisotopic (exact) mass is 272 g/mol. The summed E-state index contributed by atoms with van der Waals surface area (Å²) in [5.41, 5.74) is -1.15. The lowest BCUT2D eigenvalue weighted by Gasteiger charge is -2.34. The van der Waals surface area contributed by atoms with Gasteiger partial charge in [0.15, 0.2) is 0 Å². The van der Waals surface area contributed by atoms with Gasteiger partial charge in [-0.1, -0.05) is 31.0 Å². The number of thioether (sulfide) groups is 1. The van der Waals surface area contributed by atoms with Crippen molar-refractivity contribution in [1.82, 2.24) is 10.6 Å². The van der Waals surface area contributed by atoms with Gasteiger partial charge in [0, 0.05) is 5.75 Å². The molecule has 0 aromatic carbocycles. The molecule has 6 nitrogen and oxygen atoms in total. The molecule has 0 aromatic rings. The van der Waals surface area contributed by atoms with E-state index in [1.807, 2.05) is 0 Å². The fourth-order valence-electron chi connectivity index (χ4n) is 2.40. The van der Waals surface area contributed by atoms with Gasteiger partial charge in [-0.3, -0.25) is 9.59 Å². The lowest BCUT2D eigenvalue weighted by molar-refractivity contribution is -0.149. The fourth-order valence-corrected chi connectivity index (χ4v) is 3.17. The van der Waals surface area contributed by atoms with E-state index in [0.29, 0.717) is 18.6 Å². The van der Waals surface area contributed by atoms with Gasteiger partial charge in [0.2, 0.25) is 5.91 Å². The van der Waals surface area contributed by atoms with Crippen LogP contribution in [0.1, 0.15) is 32.1 Å². The second-order valence-corrected chi connectivity index (χ2v) is 5.73. The minimum atomic E-state index is -1.15. The Balaban J connectivity index is 2.02. The first-order chi connectivity index (χ1) is 8.53. The van der Waals surface area contributed by atoms with Crippen LogP contribution in [0.25, 0.3) is 0 Å². The Kier molecular flexibility index (Phi) is 3.79. The largest absolute Gasteiger partial charge is 0.480 e. The zero-order valence-electron chi connectivity index (χ0n) is 9.90. The molecule has 1 aliphatic carbocycles. The van der Waals surface area contributed by atoms with Crippen LogP contribution in [0.4, 0.5) is 4.79 Å². The highest BCUT2D eigenvalue weighted by Gasteiger charge is 2.43. The second kappa shape index (κ2) is 5.17. The normalized spacial score (nSPS) is 26.4. The van der Waals surface area contributed by atoms with Gasteiger partial charge >= 0.3 is 5.97 Å². The summed E-state index contributed by atoms with van der Waals surface area (Å²) in [5.74, 6) is -1.01. The van der Waals surface area contributed by atoms with E-state index in [2.05, 4.69) is 10.6 Å². The molecule has 1 aliphatic heterocycles. The van der Waals surface area contributed by atoms with E-state index in [-0.39, 0.29) is 5.24 Å². The summed E-state index contributed by atoms with van der Waals surface area (Å²) in [7, 11) is 0. The third-order valence-corrected chi connectivity index (χ3v) is 4.35. The van der Waals surface area contributed by atoms with Crippen LogP contribution in [0.5, 0.6) is 0 Å². The van der Waals surface area contributed by atoms with Crippen LogP contribution in [0.3, 0.4) is 0 Å². The van der Waals surface area contributed by atoms with E-state index in [0.717, 1.165) is 31.0 Å². The van der Waals surface area contributed by atoms with Crippen molar-refractivity contribution in [2.75, 3.05) is 5.75 Å². The first kappa shape index (κ1) is 13.2. The zero-order valence-corrected chi connectivity index (χ0v) is 10.7. The minimum absolute atomic E-state index is 0.233. The molecule has 1 saturated heterocycles. The van der Waals surface area contributed by atoms with E-state index in [1.54, 1.807) is 0 Å². The molecule has 18 heavy (non-hydrogen) atoms. The van der Waals surface area contributed by atoms with Gasteiger partial charge in [-0.15, -0.1) is 0 Å². The maximum atomic E-state index is 12.0. The molecule has 1 heterocycles. The van der Waals surface area contributed by atoms with Crippen LogP contribution >= 0.6 is 11.8 Å². The Morgan fingerprint density at radius 2 is 2.00 bits per heavy atom. The molecule has 0 bridgehead atoms. The van der Waals surface area contributed by atoms with Crippen molar-refractivity contribution < 1.29 is 19.5 Å². The molecule has 1 atom stereocenters. The third-order valence-electron chi connectivity index (χ3n) is 3.47. The first-order valence-electron chi connectivity index (χ1n) is 6.02. The maximum absolute atomic E-state index is 12.0. The average molecular weight is 272 g/mol. The summed E-state index contributed by atoms with van der Waals surface area (Å²) in [6, 6.07) is -0.611. The Bertz CT molecular complexity index is 379. The van der Waals surface area contributed by atoms with Crippen molar-refractivity contribution in [3.8, 4) is 0 Å². The Morgan fingerprint density at radius 3 is 2.50 bits per heavy atom. The number of carbonyl (C=O) groups excluding carboxylic acids is 2. The molecule has 3 N–H and O–H groups in total. The highest BCUT2D eigenvalue weighted by atomic mass is 32.2. The van der Waals surface area contributed by atoms with E-state index in [4.69, 9.17) is 0 Å². The zero-order chi connectivity index (χ0) is 13.2. The van der Waals surface area contributed by atoms with Crippen LogP contribution in [0, 0.1) is 0 Å². The van der Waals surface area contributed by atoms with E-state index < -0.39 is 23.5 Å². The summed E-state index contributed by atoms with van der Waals surface area (Å²) >= 11 is 1.04. The smallest absolute Gasteiger partial charge is 0.329 e. The second-order valence-electron chi connectivity index (χ2n) is 4.73. The molecule has 0 radical (unpaired) electrons. The number of carboxylic acid groups (broad SMARTS) is 1. The van der Waals surface area contributed by atoms with E-state index >= 15 is 0 Å². The Hall–Kier alpha value is -1.24. The highest BCUT2D eigenvalue weighted by Crippen LogP contribution is 2.29. The standard InChI is InChI=1S/C11H16N2O4S/c14-8(7-6-18-10(17)12-7)13-11(9(15)16)4-2-1-3-5-11/h7H,1-6H2,(H,12,17)(H,13,14)(H,15,16). The quantitative estimate of drug-likeness (QED) is 0.703. The van der Waals surface area contributed by atoms with Gasteiger partial charge in [0.1, 0.15) is 11.6 Å². The lowest BCUT2D eigenvalue weighted by Crippen LogP contribution is -2.59. The van der Waals surface area contributed by atoms with Crippen LogP contribution in [0.2, 0.25) is 0 Å². The summed E-state index contributed by atoms with van der Waals surface area (Å²) in [5, 5.41) is 14.2. The van der Waals surface area contributed by atoms with Crippen molar-refractivity contribution in [3.05, 3.63) is 0 Å². The van der Waals surface area contributed by atoms with Crippen molar-refractivity contribution in [3.63, 3.8) is 0 Å². The molecule has 100 valence electrons. The topological polar surface area (TPSA) is 95.5 Å². The summed E-state index contributed by atoms with van der Waals surface area (Å²) in [6.45, 7) is 0. The van der Waals surface area contributed by atoms with Gasteiger partial charge in [0.25, 0.3) is 5.24 Å². The molecule has 7 heteroatoms. The van der Waals surface area contributed by atoms with Crippen LogP contribution < -0.4 is 10.6 Å². The van der Waals surface area contributed by atoms with Gasteiger partial charge in [-0.2, -0.15) is 0 Å². The number of rotatable bonds is 3. The molecule has 2 rings (SSSR count). The SMILES string of the molecule is O=C1NC(C(=O)NC2(C(=O)O)CCCCC2)CS1. The third kappa shape index (κ3) is 2.60. The summed E-state index contributed by atoms with van der Waals surface area (Å²) in [4.78, 5) is 34.4. The number of nitrogens with one attached hydrogen (secondary N) is 2. The van der Waals surface area contributed by atoms with Crippen molar-refractivity contribution in [2.45, 2.75) is 43.7 Å². The molecular weight excluding hydrogens is 256 g/mol. The molecule has 2 aliphatic rings. The van der Waals surface area contributed by atoms with Crippen molar-refractivity contribution in [2.24, 2.45) is 0 Å². The summed E-state index contributed by atoms with van der Waals surface area (Å²) in [6.07, 6.45) is 3.53. The van der Waals surface area contributed by atoms with Crippen LogP contribution in [-0.2, 0) is 9.59 Å². The van der Waals surface area contributed by atoms with Gasteiger partial charge in [-0.05, 0) is 12.8 Å². The number of aliphatic carboxylic acids is 1. The Labute approximate surface area is 109 Å². The lowest BCUT2D eigenvalue weighted by atomic mass is 9.81. The number of amides is 2. The van der Waals surface area contributed by atoms with Gasteiger partial charge < -0.3 is 15.7 Å². The predicted molar refractivity (Wildman–Crippen MR) is 66.4 cm³/mol. The Morgan fingerprint density at radius 1 is 1.33 bits per heavy atom. The minimum Gasteiger partial charge on any atom is -0.480 e. The molecule has 0 aromatic heterocycles. The number of hydrogen-bond donors (Lipinski definition) is 3. The average Bonchev–Trinajstić information content (AvgIpc) is 2.77. The van der Waals surface area contributed by atoms with E-state index in [1.165, 1.54) is 0 Å². The molecule has 1 saturated carbocycles. The fraction of sp³-hybridized carbons (Fsp3) is 0.727. The number of hydrogen-bond acceptors (Lipinski definition) is 4. The van der Waals surface area contributed by atoms with Crippen molar-refractivity contribution >= 4 is 28.9 Å². The molecule has 2 amide bonds. The van der Waals surface area contributed by atoms with Gasteiger partial charge in [0.05, 0.1) is 0 Å². The van der Waals surface area contributed by atoms with Gasteiger partial charge in [-0.25, -0.2) is 4.79 Å². The maximum Gasteiger partial charge on any atom is 0.329 e. The summed E-state index contributed by atoms with van der Waals surface area (Å²) < 4.78 is 0. The van der Waals surface area contributed by atoms with Crippen LogP contribution in [0.15, 0.2) is 0 Å². The first-order valence-corrected chi connectivity index (χ1v) is 7.01. The van der Waals surface area contributed by atoms with Crippen molar-refractivity contribution in [1.29, 1.82) is 0 Å². The molecule has 1 unspecified atom stereocenters. The predicted octanol–water partition coefficient (Wildman–Crippen LogP) is 0.715. The molecule has 0 spiro atoms. The molecular formula is C11H16N2O4S. The number of carbonyl (C=O) groups is 3. The number of carboxylic acids is 1. The van der Waals surface area contributed by atoms with E-state index in [9.17, 15) is 19.5 Å².